The minimum Gasteiger partial charge on any atom is -0.326 e. The summed E-state index contributed by atoms with van der Waals surface area (Å²) in [6.45, 7) is 2.11. The SMILES string of the molecule is Cc1cc2c(-c3cccnc3)cccc2n1-c1ccc(NC(=O)Cc2cccnc2)cc1. The summed E-state index contributed by atoms with van der Waals surface area (Å²) in [5, 5.41) is 4.15. The quantitative estimate of drug-likeness (QED) is 0.405. The van der Waals surface area contributed by atoms with E-state index in [2.05, 4.69) is 57.1 Å². The number of aryl methyl sites for hydroxylation is 1. The predicted octanol–water partition coefficient (Wildman–Crippen LogP) is 5.58. The molecule has 0 aliphatic rings. The van der Waals surface area contributed by atoms with Gasteiger partial charge in [-0.2, -0.15) is 0 Å². The maximum absolute atomic E-state index is 12.3. The fourth-order valence-electron chi connectivity index (χ4n) is 4.07. The predicted molar refractivity (Wildman–Crippen MR) is 128 cm³/mol. The first-order valence-electron chi connectivity index (χ1n) is 10.5. The summed E-state index contributed by atoms with van der Waals surface area (Å²) in [4.78, 5) is 20.7. The van der Waals surface area contributed by atoms with Gasteiger partial charge in [-0.1, -0.05) is 24.3 Å². The van der Waals surface area contributed by atoms with Crippen LogP contribution in [0.1, 0.15) is 11.3 Å². The van der Waals surface area contributed by atoms with E-state index < -0.39 is 0 Å². The second kappa shape index (κ2) is 8.47. The van der Waals surface area contributed by atoms with E-state index in [1.165, 1.54) is 5.39 Å². The van der Waals surface area contributed by atoms with Crippen molar-refractivity contribution >= 4 is 22.5 Å². The molecule has 0 spiro atoms. The lowest BCUT2D eigenvalue weighted by atomic mass is 10.0. The second-order valence-electron chi connectivity index (χ2n) is 7.73. The zero-order valence-electron chi connectivity index (χ0n) is 17.7. The number of rotatable bonds is 5. The Bertz CT molecular complexity index is 1370. The van der Waals surface area contributed by atoms with Crippen molar-refractivity contribution in [3.8, 4) is 16.8 Å². The van der Waals surface area contributed by atoms with Crippen LogP contribution in [0.25, 0.3) is 27.7 Å². The highest BCUT2D eigenvalue weighted by molar-refractivity contribution is 5.97. The Hall–Kier alpha value is -4.25. The van der Waals surface area contributed by atoms with Gasteiger partial charge in [0, 0.05) is 52.8 Å². The number of amides is 1. The fourth-order valence-corrected chi connectivity index (χ4v) is 4.07. The lowest BCUT2D eigenvalue weighted by molar-refractivity contribution is -0.115. The number of benzene rings is 2. The molecule has 1 N–H and O–H groups in total. The maximum atomic E-state index is 12.3. The van der Waals surface area contributed by atoms with Gasteiger partial charge in [-0.3, -0.25) is 14.8 Å². The molecule has 0 aliphatic heterocycles. The molecule has 32 heavy (non-hydrogen) atoms. The van der Waals surface area contributed by atoms with Crippen molar-refractivity contribution in [2.45, 2.75) is 13.3 Å². The molecule has 0 unspecified atom stereocenters. The molecule has 3 aromatic heterocycles. The van der Waals surface area contributed by atoms with Gasteiger partial charge < -0.3 is 9.88 Å². The fraction of sp³-hybridized carbons (Fsp3) is 0.0741. The summed E-state index contributed by atoms with van der Waals surface area (Å²) in [5.41, 5.74) is 7.25. The van der Waals surface area contributed by atoms with Crippen LogP contribution in [0.4, 0.5) is 5.69 Å². The number of carbonyl (C=O) groups is 1. The molecule has 5 nitrogen and oxygen atoms in total. The monoisotopic (exact) mass is 418 g/mol. The number of nitrogens with one attached hydrogen (secondary N) is 1. The molecule has 3 heterocycles. The van der Waals surface area contributed by atoms with Crippen molar-refractivity contribution in [3.63, 3.8) is 0 Å². The average Bonchev–Trinajstić information content (AvgIpc) is 3.16. The van der Waals surface area contributed by atoms with Crippen LogP contribution in [0.3, 0.4) is 0 Å². The van der Waals surface area contributed by atoms with Crippen molar-refractivity contribution in [2.75, 3.05) is 5.32 Å². The summed E-state index contributed by atoms with van der Waals surface area (Å²) in [5.74, 6) is -0.0607. The number of fused-ring (bicyclic) bond motifs is 1. The molecule has 156 valence electrons. The van der Waals surface area contributed by atoms with Crippen molar-refractivity contribution in [1.29, 1.82) is 0 Å². The van der Waals surface area contributed by atoms with E-state index >= 15 is 0 Å². The van der Waals surface area contributed by atoms with Gasteiger partial charge in [0.25, 0.3) is 0 Å². The molecular formula is C27H22N4O. The van der Waals surface area contributed by atoms with Crippen LogP contribution in [0, 0.1) is 6.92 Å². The minimum atomic E-state index is -0.0607. The normalized spacial score (nSPS) is 10.9. The zero-order valence-corrected chi connectivity index (χ0v) is 17.7. The Balaban J connectivity index is 1.42. The van der Waals surface area contributed by atoms with Gasteiger partial charge in [0.15, 0.2) is 0 Å². The van der Waals surface area contributed by atoms with Gasteiger partial charge in [0.1, 0.15) is 0 Å². The van der Waals surface area contributed by atoms with Crippen LogP contribution < -0.4 is 5.32 Å². The number of hydrogen-bond donors (Lipinski definition) is 1. The van der Waals surface area contributed by atoms with Gasteiger partial charge in [0.2, 0.25) is 5.91 Å². The maximum Gasteiger partial charge on any atom is 0.228 e. The molecule has 5 heteroatoms. The number of carbonyl (C=O) groups excluding carboxylic acids is 1. The van der Waals surface area contributed by atoms with Gasteiger partial charge in [0.05, 0.1) is 11.9 Å². The standard InChI is InChI=1S/C27H22N4O/c1-19-15-25-24(21-6-4-14-29-18-21)7-2-8-26(25)31(19)23-11-9-22(10-12-23)30-27(32)16-20-5-3-13-28-17-20/h2-15,17-18H,16H2,1H3,(H,30,32). The number of pyridine rings is 2. The molecule has 0 fully saturated rings. The highest BCUT2D eigenvalue weighted by atomic mass is 16.1. The first-order chi connectivity index (χ1) is 15.7. The largest absolute Gasteiger partial charge is 0.326 e. The van der Waals surface area contributed by atoms with E-state index in [1.807, 2.05) is 48.7 Å². The van der Waals surface area contributed by atoms with Crippen LogP contribution in [0.2, 0.25) is 0 Å². The van der Waals surface area contributed by atoms with Crippen LogP contribution in [-0.2, 0) is 11.2 Å². The molecule has 0 radical (unpaired) electrons. The first-order valence-corrected chi connectivity index (χ1v) is 10.5. The summed E-state index contributed by atoms with van der Waals surface area (Å²) in [7, 11) is 0. The molecule has 5 aromatic rings. The summed E-state index contributed by atoms with van der Waals surface area (Å²) < 4.78 is 2.23. The second-order valence-corrected chi connectivity index (χ2v) is 7.73. The summed E-state index contributed by atoms with van der Waals surface area (Å²) >= 11 is 0. The molecule has 0 saturated carbocycles. The van der Waals surface area contributed by atoms with E-state index in [4.69, 9.17) is 0 Å². The van der Waals surface area contributed by atoms with E-state index in [0.717, 1.165) is 39.3 Å². The number of aromatic nitrogens is 3. The molecule has 1 amide bonds. The Labute approximate surface area is 186 Å². The van der Waals surface area contributed by atoms with E-state index in [0.29, 0.717) is 6.42 Å². The molecule has 0 bridgehead atoms. The van der Waals surface area contributed by atoms with Gasteiger partial charge in [-0.05, 0) is 66.6 Å². The third kappa shape index (κ3) is 3.88. The van der Waals surface area contributed by atoms with Crippen LogP contribution in [-0.4, -0.2) is 20.4 Å². The first kappa shape index (κ1) is 19.7. The van der Waals surface area contributed by atoms with Gasteiger partial charge >= 0.3 is 0 Å². The molecule has 2 aromatic carbocycles. The van der Waals surface area contributed by atoms with E-state index in [1.54, 1.807) is 18.6 Å². The zero-order chi connectivity index (χ0) is 21.9. The molecular weight excluding hydrogens is 396 g/mol. The lowest BCUT2D eigenvalue weighted by Gasteiger charge is -2.11. The van der Waals surface area contributed by atoms with Gasteiger partial charge in [-0.15, -0.1) is 0 Å². The third-order valence-electron chi connectivity index (χ3n) is 5.50. The Morgan fingerprint density at radius 3 is 2.41 bits per heavy atom. The van der Waals surface area contributed by atoms with Crippen LogP contribution in [0.5, 0.6) is 0 Å². The third-order valence-corrected chi connectivity index (χ3v) is 5.50. The summed E-state index contributed by atoms with van der Waals surface area (Å²) in [6, 6.07) is 24.3. The van der Waals surface area contributed by atoms with Crippen molar-refractivity contribution < 1.29 is 4.79 Å². The van der Waals surface area contributed by atoms with Crippen LogP contribution in [0.15, 0.2) is 97.6 Å². The topological polar surface area (TPSA) is 59.8 Å². The smallest absolute Gasteiger partial charge is 0.228 e. The highest BCUT2D eigenvalue weighted by Gasteiger charge is 2.12. The van der Waals surface area contributed by atoms with Crippen molar-refractivity contribution in [3.05, 3.63) is 109 Å². The van der Waals surface area contributed by atoms with Crippen molar-refractivity contribution in [1.82, 2.24) is 14.5 Å². The minimum absolute atomic E-state index is 0.0607. The number of hydrogen-bond acceptors (Lipinski definition) is 3. The van der Waals surface area contributed by atoms with Crippen LogP contribution >= 0.6 is 0 Å². The molecule has 0 atom stereocenters. The highest BCUT2D eigenvalue weighted by Crippen LogP contribution is 2.32. The van der Waals surface area contributed by atoms with E-state index in [-0.39, 0.29) is 5.91 Å². The molecule has 0 aliphatic carbocycles. The number of anilines is 1. The Kier molecular flexibility index (Phi) is 5.22. The Morgan fingerprint density at radius 2 is 1.69 bits per heavy atom. The number of nitrogens with zero attached hydrogens (tertiary/aromatic N) is 3. The average molecular weight is 419 g/mol. The van der Waals surface area contributed by atoms with Gasteiger partial charge in [-0.25, -0.2) is 0 Å². The van der Waals surface area contributed by atoms with Crippen molar-refractivity contribution in [2.24, 2.45) is 0 Å². The summed E-state index contributed by atoms with van der Waals surface area (Å²) in [6.07, 6.45) is 7.39. The Morgan fingerprint density at radius 1 is 0.906 bits per heavy atom. The molecule has 5 rings (SSSR count). The van der Waals surface area contributed by atoms with E-state index in [9.17, 15) is 4.79 Å². The lowest BCUT2D eigenvalue weighted by Crippen LogP contribution is -2.14. The molecule has 0 saturated heterocycles.